The van der Waals surface area contributed by atoms with Crippen molar-refractivity contribution < 1.29 is 19.7 Å². The van der Waals surface area contributed by atoms with Gasteiger partial charge in [0.15, 0.2) is 0 Å². The third kappa shape index (κ3) is 7.51. The Morgan fingerprint density at radius 3 is 2.39 bits per heavy atom. The summed E-state index contributed by atoms with van der Waals surface area (Å²) in [6, 6.07) is 23.8. The summed E-state index contributed by atoms with van der Waals surface area (Å²) in [6.45, 7) is 1.17. The molecule has 0 bridgehead atoms. The van der Waals surface area contributed by atoms with E-state index in [2.05, 4.69) is 5.32 Å². The van der Waals surface area contributed by atoms with Crippen LogP contribution in [0.5, 0.6) is 5.75 Å². The van der Waals surface area contributed by atoms with E-state index in [-0.39, 0.29) is 19.1 Å². The first-order chi connectivity index (χ1) is 15.9. The van der Waals surface area contributed by atoms with Gasteiger partial charge in [-0.2, -0.15) is 0 Å². The smallest absolute Gasteiger partial charge is 0.217 e. The second-order valence-electron chi connectivity index (χ2n) is 7.88. The number of aryl methyl sites for hydroxylation is 1. The Kier molecular flexibility index (Phi) is 9.21. The summed E-state index contributed by atoms with van der Waals surface area (Å²) < 4.78 is 5.92. The van der Waals surface area contributed by atoms with Gasteiger partial charge in [-0.05, 0) is 54.3 Å². The molecule has 0 radical (unpaired) electrons. The van der Waals surface area contributed by atoms with E-state index in [1.54, 1.807) is 11.8 Å². The van der Waals surface area contributed by atoms with Gasteiger partial charge in [-0.1, -0.05) is 65.8 Å². The summed E-state index contributed by atoms with van der Waals surface area (Å²) in [5.74, 6) is 0.500. The number of ether oxygens (including phenoxy) is 1. The maximum atomic E-state index is 11.4. The van der Waals surface area contributed by atoms with Gasteiger partial charge in [0, 0.05) is 21.7 Å². The van der Waals surface area contributed by atoms with Gasteiger partial charge in [-0.3, -0.25) is 4.79 Å². The molecule has 0 fully saturated rings. The number of amides is 1. The van der Waals surface area contributed by atoms with E-state index in [1.807, 2.05) is 72.8 Å². The third-order valence-corrected chi connectivity index (χ3v) is 6.56. The highest BCUT2D eigenvalue weighted by molar-refractivity contribution is 7.99. The Hall–Kier alpha value is -2.51. The molecule has 0 aliphatic rings. The lowest BCUT2D eigenvalue weighted by Gasteiger charge is -2.30. The van der Waals surface area contributed by atoms with Gasteiger partial charge < -0.3 is 20.3 Å². The predicted octanol–water partition coefficient (Wildman–Crippen LogP) is 4.86. The summed E-state index contributed by atoms with van der Waals surface area (Å²) in [6.07, 6.45) is 0.876. The summed E-state index contributed by atoms with van der Waals surface area (Å²) in [5.41, 5.74) is 0.934. The molecule has 0 heterocycles. The first-order valence-electron chi connectivity index (χ1n) is 10.7. The topological polar surface area (TPSA) is 78.8 Å². The summed E-state index contributed by atoms with van der Waals surface area (Å²) in [5, 5.41) is 22.6. The molecule has 0 saturated heterocycles. The quantitative estimate of drug-likeness (QED) is 0.361. The Morgan fingerprint density at radius 1 is 1.00 bits per heavy atom. The molecule has 0 saturated carbocycles. The van der Waals surface area contributed by atoms with Gasteiger partial charge >= 0.3 is 0 Å². The average molecular weight is 486 g/mol. The lowest BCUT2D eigenvalue weighted by molar-refractivity contribution is -0.122. The van der Waals surface area contributed by atoms with Crippen molar-refractivity contribution in [3.05, 3.63) is 88.9 Å². The van der Waals surface area contributed by atoms with E-state index in [1.165, 1.54) is 6.92 Å². The van der Waals surface area contributed by atoms with E-state index in [9.17, 15) is 15.0 Å². The zero-order valence-electron chi connectivity index (χ0n) is 18.5. The Morgan fingerprint density at radius 2 is 1.73 bits per heavy atom. The highest BCUT2D eigenvalue weighted by atomic mass is 35.5. The molecule has 3 N–H and O–H groups in total. The lowest BCUT2D eigenvalue weighted by atomic mass is 9.92. The zero-order valence-corrected chi connectivity index (χ0v) is 20.0. The van der Waals surface area contributed by atoms with Crippen molar-refractivity contribution in [1.29, 1.82) is 0 Å². The molecular formula is C26H28ClNO4S. The summed E-state index contributed by atoms with van der Waals surface area (Å²) >= 11 is 8.10. The maximum Gasteiger partial charge on any atom is 0.217 e. The van der Waals surface area contributed by atoms with E-state index < -0.39 is 5.54 Å². The number of carbonyl (C=O) groups excluding carboxylic acids is 1. The van der Waals surface area contributed by atoms with Crippen LogP contribution in [-0.2, 0) is 17.8 Å². The van der Waals surface area contributed by atoms with Crippen molar-refractivity contribution in [3.8, 4) is 5.75 Å². The number of hydrogen-bond donors (Lipinski definition) is 3. The van der Waals surface area contributed by atoms with Crippen molar-refractivity contribution >= 4 is 29.3 Å². The molecule has 5 nitrogen and oxygen atoms in total. The number of hydrogen-bond acceptors (Lipinski definition) is 5. The largest absolute Gasteiger partial charge is 0.489 e. The molecule has 0 aliphatic heterocycles. The van der Waals surface area contributed by atoms with Crippen LogP contribution in [0.3, 0.4) is 0 Å². The number of benzene rings is 3. The Bertz CT molecular complexity index is 1060. The second-order valence-corrected chi connectivity index (χ2v) is 9.44. The zero-order chi connectivity index (χ0) is 23.7. The van der Waals surface area contributed by atoms with Gasteiger partial charge in [0.05, 0.1) is 18.8 Å². The number of rotatable bonds is 11. The molecule has 0 unspecified atom stereocenters. The molecule has 0 spiro atoms. The fourth-order valence-corrected chi connectivity index (χ4v) is 4.64. The normalized spacial score (nSPS) is 11.3. The third-order valence-electron chi connectivity index (χ3n) is 5.23. The summed E-state index contributed by atoms with van der Waals surface area (Å²) in [7, 11) is 0. The number of nitrogens with one attached hydrogen (secondary N) is 1. The molecule has 0 aromatic heterocycles. The molecule has 33 heavy (non-hydrogen) atoms. The van der Waals surface area contributed by atoms with Crippen LogP contribution in [0, 0.1) is 0 Å². The molecule has 174 valence electrons. The van der Waals surface area contributed by atoms with Gasteiger partial charge in [-0.25, -0.2) is 0 Å². The molecule has 3 aromatic carbocycles. The minimum atomic E-state index is -1.07. The van der Waals surface area contributed by atoms with Gasteiger partial charge in [-0.15, -0.1) is 0 Å². The second kappa shape index (κ2) is 12.1. The molecule has 1 amide bonds. The van der Waals surface area contributed by atoms with Crippen molar-refractivity contribution in [1.82, 2.24) is 5.32 Å². The van der Waals surface area contributed by atoms with E-state index in [0.717, 1.165) is 26.7 Å². The fraction of sp³-hybridized carbons (Fsp3) is 0.269. The molecule has 3 rings (SSSR count). The highest BCUT2D eigenvalue weighted by Crippen LogP contribution is 2.33. The predicted molar refractivity (Wildman–Crippen MR) is 132 cm³/mol. The van der Waals surface area contributed by atoms with Gasteiger partial charge in [0.2, 0.25) is 5.91 Å². The van der Waals surface area contributed by atoms with Gasteiger partial charge in [0.1, 0.15) is 12.4 Å². The molecule has 3 aromatic rings. The van der Waals surface area contributed by atoms with E-state index >= 15 is 0 Å². The van der Waals surface area contributed by atoms with Crippen LogP contribution in [0.2, 0.25) is 5.02 Å². The minimum absolute atomic E-state index is 0.300. The summed E-state index contributed by atoms with van der Waals surface area (Å²) in [4.78, 5) is 13.5. The van der Waals surface area contributed by atoms with Crippen LogP contribution in [0.15, 0.2) is 82.6 Å². The van der Waals surface area contributed by atoms with Crippen LogP contribution < -0.4 is 10.1 Å². The number of aliphatic hydroxyl groups is 2. The van der Waals surface area contributed by atoms with Crippen molar-refractivity contribution in [3.63, 3.8) is 0 Å². The highest BCUT2D eigenvalue weighted by Gasteiger charge is 2.29. The Labute approximate surface area is 203 Å². The number of halogens is 1. The first-order valence-corrected chi connectivity index (χ1v) is 11.9. The van der Waals surface area contributed by atoms with E-state index in [4.69, 9.17) is 16.3 Å². The monoisotopic (exact) mass is 485 g/mol. The molecule has 0 aliphatic carbocycles. The molecule has 7 heteroatoms. The van der Waals surface area contributed by atoms with Crippen molar-refractivity contribution in [2.24, 2.45) is 0 Å². The van der Waals surface area contributed by atoms with Crippen LogP contribution in [0.25, 0.3) is 0 Å². The van der Waals surface area contributed by atoms with Crippen LogP contribution in [-0.4, -0.2) is 34.9 Å². The lowest BCUT2D eigenvalue weighted by Crippen LogP contribution is -2.53. The first kappa shape index (κ1) is 25.1. The van der Waals surface area contributed by atoms with Gasteiger partial charge in [0.25, 0.3) is 0 Å². The van der Waals surface area contributed by atoms with Crippen LogP contribution >= 0.6 is 23.4 Å². The minimum Gasteiger partial charge on any atom is -0.489 e. The number of aliphatic hydroxyl groups excluding tert-OH is 2. The van der Waals surface area contributed by atoms with Crippen molar-refractivity contribution in [2.45, 2.75) is 41.7 Å². The SMILES string of the molecule is CC(=O)NC(CO)(CO)CCc1ccc(Sc2cccc(OCc3ccccc3)c2)cc1Cl. The van der Waals surface area contributed by atoms with Crippen molar-refractivity contribution in [2.75, 3.05) is 13.2 Å². The Balaban J connectivity index is 1.62. The van der Waals surface area contributed by atoms with Crippen LogP contribution in [0.1, 0.15) is 24.5 Å². The maximum absolute atomic E-state index is 11.4. The standard InChI is InChI=1S/C26H28ClNO4S/c1-19(31)28-26(17-29,18-30)13-12-21-10-11-24(15-25(21)27)33-23-9-5-8-22(14-23)32-16-20-6-3-2-4-7-20/h2-11,14-15,29-30H,12-13,16-18H2,1H3,(H,28,31). The molecule has 0 atom stereocenters. The van der Waals surface area contributed by atoms with Crippen LogP contribution in [0.4, 0.5) is 0 Å². The average Bonchev–Trinajstić information content (AvgIpc) is 2.82. The number of carbonyl (C=O) groups is 1. The van der Waals surface area contributed by atoms with E-state index in [0.29, 0.717) is 24.5 Å². The fourth-order valence-electron chi connectivity index (χ4n) is 3.40. The molecular weight excluding hydrogens is 458 g/mol.